The molecule has 0 radical (unpaired) electrons. The fourth-order valence-electron chi connectivity index (χ4n) is 4.69. The SMILES string of the molecule is Cc1ccc(Cl)cc1CC(c1c(C(=O)O)nc(Br)n1C(C)C)C1CCC(C)CC1. The lowest BCUT2D eigenvalue weighted by Gasteiger charge is -2.34. The van der Waals surface area contributed by atoms with E-state index < -0.39 is 5.97 Å². The lowest BCUT2D eigenvalue weighted by Crippen LogP contribution is -2.26. The van der Waals surface area contributed by atoms with Crippen LogP contribution in [0.5, 0.6) is 0 Å². The summed E-state index contributed by atoms with van der Waals surface area (Å²) in [4.78, 5) is 16.5. The number of carboxylic acids is 1. The van der Waals surface area contributed by atoms with E-state index in [-0.39, 0.29) is 17.7 Å². The summed E-state index contributed by atoms with van der Waals surface area (Å²) in [6.45, 7) is 8.56. The van der Waals surface area contributed by atoms with Gasteiger partial charge in [0.05, 0.1) is 5.69 Å². The Balaban J connectivity index is 2.13. The van der Waals surface area contributed by atoms with Gasteiger partial charge in [0.25, 0.3) is 0 Å². The third-order valence-corrected chi connectivity index (χ3v) is 7.15. The van der Waals surface area contributed by atoms with Crippen LogP contribution in [0.25, 0.3) is 0 Å². The topological polar surface area (TPSA) is 55.1 Å². The number of aryl methyl sites for hydroxylation is 1. The maximum absolute atomic E-state index is 12.1. The minimum Gasteiger partial charge on any atom is -0.476 e. The predicted molar refractivity (Wildman–Crippen MR) is 121 cm³/mol. The average Bonchev–Trinajstić information content (AvgIpc) is 3.01. The number of nitrogens with zero attached hydrogens (tertiary/aromatic N) is 2. The van der Waals surface area contributed by atoms with E-state index in [9.17, 15) is 9.90 Å². The molecular weight excluding hydrogens is 452 g/mol. The van der Waals surface area contributed by atoms with Crippen molar-refractivity contribution in [3.63, 3.8) is 0 Å². The molecule has 1 saturated carbocycles. The molecule has 0 spiro atoms. The molecule has 1 N–H and O–H groups in total. The monoisotopic (exact) mass is 480 g/mol. The maximum Gasteiger partial charge on any atom is 0.356 e. The Morgan fingerprint density at radius 3 is 2.55 bits per heavy atom. The predicted octanol–water partition coefficient (Wildman–Crippen LogP) is 7.04. The third-order valence-electron chi connectivity index (χ3n) is 6.36. The normalized spacial score (nSPS) is 20.8. The molecule has 0 saturated heterocycles. The smallest absolute Gasteiger partial charge is 0.356 e. The van der Waals surface area contributed by atoms with Gasteiger partial charge in [0.1, 0.15) is 0 Å². The lowest BCUT2D eigenvalue weighted by atomic mass is 9.72. The largest absolute Gasteiger partial charge is 0.476 e. The average molecular weight is 482 g/mol. The van der Waals surface area contributed by atoms with Crippen molar-refractivity contribution in [3.8, 4) is 0 Å². The Kier molecular flexibility index (Phi) is 7.10. The van der Waals surface area contributed by atoms with Crippen LogP contribution >= 0.6 is 27.5 Å². The van der Waals surface area contributed by atoms with E-state index in [1.165, 1.54) is 24.0 Å². The van der Waals surface area contributed by atoms with E-state index >= 15 is 0 Å². The molecule has 1 aliphatic rings. The Bertz CT molecular complexity index is 885. The first-order valence-electron chi connectivity index (χ1n) is 10.4. The van der Waals surface area contributed by atoms with Gasteiger partial charge in [-0.2, -0.15) is 0 Å². The number of aromatic nitrogens is 2. The van der Waals surface area contributed by atoms with Crippen LogP contribution in [-0.4, -0.2) is 20.6 Å². The minimum absolute atomic E-state index is 0.0898. The number of aromatic carboxylic acids is 1. The van der Waals surface area contributed by atoms with Gasteiger partial charge < -0.3 is 9.67 Å². The van der Waals surface area contributed by atoms with Crippen molar-refractivity contribution in [3.05, 3.63) is 50.5 Å². The van der Waals surface area contributed by atoms with Crippen molar-refractivity contribution in [1.82, 2.24) is 9.55 Å². The highest BCUT2D eigenvalue weighted by Crippen LogP contribution is 2.43. The second-order valence-electron chi connectivity index (χ2n) is 8.78. The van der Waals surface area contributed by atoms with Gasteiger partial charge in [-0.25, -0.2) is 9.78 Å². The number of benzene rings is 1. The molecule has 1 unspecified atom stereocenters. The molecular formula is C23H30BrClN2O2. The van der Waals surface area contributed by atoms with Crippen molar-refractivity contribution in [2.24, 2.45) is 11.8 Å². The molecule has 3 rings (SSSR count). The molecule has 1 heterocycles. The molecule has 0 aliphatic heterocycles. The third kappa shape index (κ3) is 4.88. The molecule has 6 heteroatoms. The second kappa shape index (κ2) is 9.22. The molecule has 4 nitrogen and oxygen atoms in total. The van der Waals surface area contributed by atoms with Gasteiger partial charge >= 0.3 is 5.97 Å². The summed E-state index contributed by atoms with van der Waals surface area (Å²) < 4.78 is 2.66. The van der Waals surface area contributed by atoms with Gasteiger partial charge in [0, 0.05) is 17.0 Å². The van der Waals surface area contributed by atoms with Gasteiger partial charge in [-0.05, 0) is 91.1 Å². The quantitative estimate of drug-likeness (QED) is 0.481. The van der Waals surface area contributed by atoms with Gasteiger partial charge in [0.2, 0.25) is 0 Å². The van der Waals surface area contributed by atoms with Crippen molar-refractivity contribution in [2.75, 3.05) is 0 Å². The summed E-state index contributed by atoms with van der Waals surface area (Å²) in [6.07, 6.45) is 5.39. The van der Waals surface area contributed by atoms with Crippen LogP contribution < -0.4 is 0 Å². The van der Waals surface area contributed by atoms with Crippen LogP contribution in [0.4, 0.5) is 0 Å². The highest BCUT2D eigenvalue weighted by molar-refractivity contribution is 9.10. The van der Waals surface area contributed by atoms with E-state index in [1.807, 2.05) is 18.2 Å². The van der Waals surface area contributed by atoms with Crippen LogP contribution in [0.15, 0.2) is 22.9 Å². The summed E-state index contributed by atoms with van der Waals surface area (Å²) >= 11 is 9.82. The number of rotatable bonds is 6. The Hall–Kier alpha value is -1.33. The fourth-order valence-corrected chi connectivity index (χ4v) is 5.66. The zero-order chi connectivity index (χ0) is 21.3. The van der Waals surface area contributed by atoms with Crippen LogP contribution in [0.1, 0.15) is 85.7 Å². The number of halogens is 2. The molecule has 1 atom stereocenters. The van der Waals surface area contributed by atoms with Crippen LogP contribution in [-0.2, 0) is 6.42 Å². The molecule has 2 aromatic rings. The lowest BCUT2D eigenvalue weighted by molar-refractivity contribution is 0.0687. The fraction of sp³-hybridized carbons (Fsp3) is 0.565. The number of imidazole rings is 1. The molecule has 1 aliphatic carbocycles. The molecule has 1 aromatic carbocycles. The van der Waals surface area contributed by atoms with E-state index in [4.69, 9.17) is 11.6 Å². The zero-order valence-electron chi connectivity index (χ0n) is 17.6. The number of hydrogen-bond acceptors (Lipinski definition) is 2. The molecule has 29 heavy (non-hydrogen) atoms. The molecule has 158 valence electrons. The summed E-state index contributed by atoms with van der Waals surface area (Å²) in [5.41, 5.74) is 3.40. The molecule has 1 fully saturated rings. The number of hydrogen-bond donors (Lipinski definition) is 1. The van der Waals surface area contributed by atoms with Crippen molar-refractivity contribution in [1.29, 1.82) is 0 Å². The second-order valence-corrected chi connectivity index (χ2v) is 9.93. The van der Waals surface area contributed by atoms with Gasteiger partial charge in [-0.1, -0.05) is 37.4 Å². The van der Waals surface area contributed by atoms with Crippen molar-refractivity contribution >= 4 is 33.5 Å². The van der Waals surface area contributed by atoms with E-state index in [0.29, 0.717) is 10.7 Å². The van der Waals surface area contributed by atoms with Crippen molar-refractivity contribution in [2.45, 2.75) is 71.8 Å². The minimum atomic E-state index is -0.961. The van der Waals surface area contributed by atoms with E-state index in [2.05, 4.69) is 53.2 Å². The van der Waals surface area contributed by atoms with Gasteiger partial charge in [-0.3, -0.25) is 0 Å². The zero-order valence-corrected chi connectivity index (χ0v) is 19.9. The summed E-state index contributed by atoms with van der Waals surface area (Å²) in [7, 11) is 0. The van der Waals surface area contributed by atoms with Gasteiger partial charge in [-0.15, -0.1) is 0 Å². The first kappa shape index (κ1) is 22.4. The molecule has 0 amide bonds. The van der Waals surface area contributed by atoms with E-state index in [1.54, 1.807) is 0 Å². The summed E-state index contributed by atoms with van der Waals surface area (Å²) in [6, 6.07) is 6.10. The van der Waals surface area contributed by atoms with Crippen LogP contribution in [0.3, 0.4) is 0 Å². The Labute approximate surface area is 186 Å². The van der Waals surface area contributed by atoms with Gasteiger partial charge in [0.15, 0.2) is 10.4 Å². The summed E-state index contributed by atoms with van der Waals surface area (Å²) in [5.74, 6) is 0.299. The summed E-state index contributed by atoms with van der Waals surface area (Å²) in [5, 5.41) is 10.6. The molecule has 0 bridgehead atoms. The molecule has 1 aromatic heterocycles. The van der Waals surface area contributed by atoms with Crippen LogP contribution in [0.2, 0.25) is 5.02 Å². The first-order chi connectivity index (χ1) is 13.7. The Morgan fingerprint density at radius 1 is 1.31 bits per heavy atom. The van der Waals surface area contributed by atoms with Crippen LogP contribution in [0, 0.1) is 18.8 Å². The number of carboxylic acid groups (broad SMARTS) is 1. The maximum atomic E-state index is 12.1. The Morgan fingerprint density at radius 2 is 1.97 bits per heavy atom. The highest BCUT2D eigenvalue weighted by Gasteiger charge is 2.35. The standard InChI is InChI=1S/C23H30BrClN2O2/c1-13(2)27-21(20(22(28)29)26-23(27)24)19(16-8-5-14(3)6-9-16)12-17-11-18(25)10-7-15(17)4/h7,10-11,13-14,16,19H,5-6,8-9,12H2,1-4H3,(H,28,29). The van der Waals surface area contributed by atoms with Crippen molar-refractivity contribution < 1.29 is 9.90 Å². The van der Waals surface area contributed by atoms with E-state index in [0.717, 1.165) is 35.9 Å². The number of carbonyl (C=O) groups is 1. The first-order valence-corrected chi connectivity index (χ1v) is 11.6. The highest BCUT2D eigenvalue weighted by atomic mass is 79.9.